The zero-order chi connectivity index (χ0) is 23.2. The zero-order valence-electron chi connectivity index (χ0n) is 21.2. The summed E-state index contributed by atoms with van der Waals surface area (Å²) < 4.78 is 23.4. The van der Waals surface area contributed by atoms with E-state index in [2.05, 4.69) is 71.6 Å². The molecule has 3 heterocycles. The van der Waals surface area contributed by atoms with Crippen molar-refractivity contribution in [1.82, 2.24) is 29.8 Å². The fourth-order valence-corrected chi connectivity index (χ4v) is 4.02. The molecule has 0 radical (unpaired) electrons. The van der Waals surface area contributed by atoms with Gasteiger partial charge >= 0.3 is 0 Å². The van der Waals surface area contributed by atoms with Crippen LogP contribution in [-0.4, -0.2) is 148 Å². The fraction of sp³-hybridized carbons (Fsp3) is 1.00. The molecule has 0 bridgehead atoms. The third-order valence-electron chi connectivity index (χ3n) is 7.11. The van der Waals surface area contributed by atoms with Gasteiger partial charge in [0.15, 0.2) is 0 Å². The van der Waals surface area contributed by atoms with Gasteiger partial charge in [0.05, 0.1) is 77.5 Å². The second-order valence-corrected chi connectivity index (χ2v) is 9.80. The number of rotatable bonds is 4. The highest BCUT2D eigenvalue weighted by atomic mass is 16.5. The lowest BCUT2D eigenvalue weighted by atomic mass is 10.3. The third-order valence-corrected chi connectivity index (χ3v) is 7.11. The summed E-state index contributed by atoms with van der Waals surface area (Å²) in [6.07, 6.45) is 0. The summed E-state index contributed by atoms with van der Waals surface area (Å²) >= 11 is 0. The molecule has 3 rings (SSSR count). The summed E-state index contributed by atoms with van der Waals surface area (Å²) in [5, 5.41) is 9.25. The number of hydrogen-bond acceptors (Lipinski definition) is 10. The van der Waals surface area contributed by atoms with Gasteiger partial charge in [-0.15, -0.1) is 0 Å². The maximum Gasteiger partial charge on any atom is 0.0960 e. The van der Waals surface area contributed by atoms with Crippen molar-refractivity contribution in [3.05, 3.63) is 0 Å². The van der Waals surface area contributed by atoms with Crippen LogP contribution in [0, 0.1) is 0 Å². The van der Waals surface area contributed by atoms with Gasteiger partial charge in [0.25, 0.3) is 0 Å². The fourth-order valence-electron chi connectivity index (χ4n) is 4.02. The second kappa shape index (κ2) is 11.8. The normalized spacial score (nSPS) is 36.2. The Kier molecular flexibility index (Phi) is 9.69. The highest BCUT2D eigenvalue weighted by molar-refractivity contribution is 4.91. The molecule has 4 unspecified atom stereocenters. The quantitative estimate of drug-likeness (QED) is 0.553. The molecular formula is C22H46N6O4. The Labute approximate surface area is 194 Å². The molecule has 3 fully saturated rings. The average molecular weight is 459 g/mol. The number of hydrazine groups is 2. The van der Waals surface area contributed by atoms with Crippen molar-refractivity contribution in [3.63, 3.8) is 0 Å². The maximum atomic E-state index is 5.84. The highest BCUT2D eigenvalue weighted by Crippen LogP contribution is 2.36. The molecule has 10 nitrogen and oxygen atoms in total. The van der Waals surface area contributed by atoms with Gasteiger partial charge in [0, 0.05) is 40.3 Å². The van der Waals surface area contributed by atoms with E-state index in [0.717, 1.165) is 39.5 Å². The summed E-state index contributed by atoms with van der Waals surface area (Å²) in [6.45, 7) is 19.6. The van der Waals surface area contributed by atoms with Gasteiger partial charge in [-0.1, -0.05) is 0 Å². The van der Waals surface area contributed by atoms with E-state index in [-0.39, 0.29) is 11.3 Å². The number of nitrogens with zero attached hydrogens (tertiary/aromatic N) is 6. The molecule has 0 saturated carbocycles. The Morgan fingerprint density at radius 3 is 0.969 bits per heavy atom. The Hall–Kier alpha value is -0.400. The van der Waals surface area contributed by atoms with Crippen LogP contribution in [0.5, 0.6) is 0 Å². The molecule has 0 aromatic carbocycles. The van der Waals surface area contributed by atoms with E-state index in [9.17, 15) is 0 Å². The molecule has 10 heteroatoms. The summed E-state index contributed by atoms with van der Waals surface area (Å²) in [6, 6.07) is 0. The monoisotopic (exact) mass is 458 g/mol. The molecule has 3 aliphatic heterocycles. The molecule has 0 spiro atoms. The minimum absolute atomic E-state index is 0.130. The predicted octanol–water partition coefficient (Wildman–Crippen LogP) is 0.382. The maximum absolute atomic E-state index is 5.84. The Bertz CT molecular complexity index is 499. The van der Waals surface area contributed by atoms with Crippen molar-refractivity contribution in [2.75, 3.05) is 106 Å². The van der Waals surface area contributed by atoms with Gasteiger partial charge in [-0.25, -0.2) is 20.0 Å². The summed E-state index contributed by atoms with van der Waals surface area (Å²) in [4.78, 5) is 4.78. The molecule has 188 valence electrons. The standard InChI is InChI=1S/C22H46N6O4/c1-21(2)23(5)27(21)19-25-7-11-29-15-17-31-13-9-26(20-28-22(3,4)24(28)6)10-14-32-18-16-30-12-8-25/h7-20H2,1-6H3. The van der Waals surface area contributed by atoms with E-state index < -0.39 is 0 Å². The molecule has 0 aromatic rings. The van der Waals surface area contributed by atoms with Crippen LogP contribution in [0.4, 0.5) is 0 Å². The van der Waals surface area contributed by atoms with Crippen molar-refractivity contribution in [3.8, 4) is 0 Å². The lowest BCUT2D eigenvalue weighted by molar-refractivity contribution is -0.00176. The van der Waals surface area contributed by atoms with Crippen LogP contribution in [0.25, 0.3) is 0 Å². The molecule has 32 heavy (non-hydrogen) atoms. The van der Waals surface area contributed by atoms with Gasteiger partial charge in [0.2, 0.25) is 0 Å². The van der Waals surface area contributed by atoms with Crippen molar-refractivity contribution >= 4 is 0 Å². The first-order chi connectivity index (χ1) is 15.2. The molecule has 0 amide bonds. The van der Waals surface area contributed by atoms with Crippen LogP contribution >= 0.6 is 0 Å². The molecular weight excluding hydrogens is 412 g/mol. The highest BCUT2D eigenvalue weighted by Gasteiger charge is 2.51. The second-order valence-electron chi connectivity index (χ2n) is 9.80. The number of hydrogen-bond donors (Lipinski definition) is 0. The van der Waals surface area contributed by atoms with E-state index in [1.54, 1.807) is 0 Å². The zero-order valence-corrected chi connectivity index (χ0v) is 21.2. The molecule has 3 aliphatic rings. The summed E-state index contributed by atoms with van der Waals surface area (Å²) in [5.74, 6) is 0. The number of ether oxygens (including phenoxy) is 4. The van der Waals surface area contributed by atoms with Crippen molar-refractivity contribution in [1.29, 1.82) is 0 Å². The molecule has 3 saturated heterocycles. The Morgan fingerprint density at radius 2 is 0.750 bits per heavy atom. The average Bonchev–Trinajstić information content (AvgIpc) is 3.43. The smallest absolute Gasteiger partial charge is 0.0960 e. The SMILES string of the molecule is CN1N(CN2CCOCCOCCN(CN3N(C)C3(C)C)CCOCCOCC2)C1(C)C. The van der Waals surface area contributed by atoms with E-state index >= 15 is 0 Å². The van der Waals surface area contributed by atoms with Crippen molar-refractivity contribution < 1.29 is 18.9 Å². The first-order valence-corrected chi connectivity index (χ1v) is 12.0. The molecule has 0 aromatic heterocycles. The summed E-state index contributed by atoms with van der Waals surface area (Å²) in [7, 11) is 4.26. The van der Waals surface area contributed by atoms with E-state index in [1.165, 1.54) is 0 Å². The van der Waals surface area contributed by atoms with Crippen LogP contribution < -0.4 is 0 Å². The lowest BCUT2D eigenvalue weighted by Gasteiger charge is -2.24. The van der Waals surface area contributed by atoms with E-state index in [4.69, 9.17) is 18.9 Å². The third kappa shape index (κ3) is 7.30. The topological polar surface area (TPSA) is 55.4 Å². The van der Waals surface area contributed by atoms with Crippen molar-refractivity contribution in [2.45, 2.75) is 39.0 Å². The van der Waals surface area contributed by atoms with Crippen LogP contribution in [0.3, 0.4) is 0 Å². The first kappa shape index (κ1) is 26.2. The van der Waals surface area contributed by atoms with Crippen LogP contribution in [0.1, 0.15) is 27.7 Å². The van der Waals surface area contributed by atoms with Gasteiger partial charge in [-0.3, -0.25) is 9.80 Å². The van der Waals surface area contributed by atoms with Gasteiger partial charge in [0.1, 0.15) is 0 Å². The van der Waals surface area contributed by atoms with Crippen LogP contribution in [-0.2, 0) is 18.9 Å². The molecule has 0 N–H and O–H groups in total. The molecule has 0 aliphatic carbocycles. The van der Waals surface area contributed by atoms with Crippen LogP contribution in [0.2, 0.25) is 0 Å². The van der Waals surface area contributed by atoms with Crippen molar-refractivity contribution in [2.24, 2.45) is 0 Å². The minimum atomic E-state index is 0.130. The Balaban J connectivity index is 1.40. The summed E-state index contributed by atoms with van der Waals surface area (Å²) in [5.41, 5.74) is 0.260. The van der Waals surface area contributed by atoms with Gasteiger partial charge in [-0.2, -0.15) is 0 Å². The largest absolute Gasteiger partial charge is 0.378 e. The molecule has 4 atom stereocenters. The van der Waals surface area contributed by atoms with E-state index in [1.807, 2.05) is 0 Å². The first-order valence-electron chi connectivity index (χ1n) is 12.0. The predicted molar refractivity (Wildman–Crippen MR) is 124 cm³/mol. The van der Waals surface area contributed by atoms with Gasteiger partial charge in [-0.05, 0) is 27.7 Å². The van der Waals surface area contributed by atoms with Crippen LogP contribution in [0.15, 0.2) is 0 Å². The minimum Gasteiger partial charge on any atom is -0.378 e. The Morgan fingerprint density at radius 1 is 0.500 bits per heavy atom. The lowest BCUT2D eigenvalue weighted by Crippen LogP contribution is -2.38. The van der Waals surface area contributed by atoms with E-state index in [0.29, 0.717) is 52.9 Å². The van der Waals surface area contributed by atoms with Gasteiger partial charge < -0.3 is 18.9 Å².